The minimum atomic E-state index is -0.687. The summed E-state index contributed by atoms with van der Waals surface area (Å²) in [6.45, 7) is 7.51. The Kier molecular flexibility index (Phi) is 8.56. The fourth-order valence-electron chi connectivity index (χ4n) is 5.50. The van der Waals surface area contributed by atoms with E-state index in [1.807, 2.05) is 12.3 Å². The van der Waals surface area contributed by atoms with E-state index < -0.39 is 5.97 Å². The Balaban J connectivity index is 1.25. The molecular weight excluding hydrogens is 404 g/mol. The van der Waals surface area contributed by atoms with E-state index in [0.29, 0.717) is 12.1 Å². The van der Waals surface area contributed by atoms with Gasteiger partial charge in [-0.15, -0.1) is 0 Å². The van der Waals surface area contributed by atoms with Crippen LogP contribution in [0.25, 0.3) is 0 Å². The maximum Gasteiger partial charge on any atom is 0.303 e. The topological polar surface area (TPSA) is 84.8 Å². The number of nitrogens with one attached hydrogen (secondary N) is 1. The summed E-state index contributed by atoms with van der Waals surface area (Å²) < 4.78 is 0. The highest BCUT2D eigenvalue weighted by Gasteiger charge is 2.29. The molecule has 0 amide bonds. The van der Waals surface area contributed by atoms with Crippen molar-refractivity contribution in [3.63, 3.8) is 0 Å². The third kappa shape index (κ3) is 6.78. The van der Waals surface area contributed by atoms with Crippen molar-refractivity contribution < 1.29 is 9.90 Å². The normalized spacial score (nSPS) is 24.2. The van der Waals surface area contributed by atoms with E-state index in [2.05, 4.69) is 25.0 Å². The number of hydrogen-bond acceptors (Lipinski definition) is 7. The number of aromatic nitrogens is 2. The van der Waals surface area contributed by atoms with Crippen LogP contribution in [0.2, 0.25) is 0 Å². The molecule has 0 spiro atoms. The Labute approximate surface area is 192 Å². The van der Waals surface area contributed by atoms with E-state index in [-0.39, 0.29) is 6.42 Å². The number of anilines is 2. The molecule has 0 aliphatic carbocycles. The Hall–Kier alpha value is -1.93. The van der Waals surface area contributed by atoms with Gasteiger partial charge in [0.25, 0.3) is 0 Å². The fourth-order valence-corrected chi connectivity index (χ4v) is 5.50. The number of aliphatic carboxylic acids is 1. The average molecular weight is 445 g/mol. The first-order valence-corrected chi connectivity index (χ1v) is 12.7. The van der Waals surface area contributed by atoms with Crippen molar-refractivity contribution in [2.24, 2.45) is 0 Å². The second kappa shape index (κ2) is 11.8. The predicted octanol–water partition coefficient (Wildman–Crippen LogP) is 3.06. The molecule has 0 aromatic carbocycles. The number of piperidine rings is 2. The summed E-state index contributed by atoms with van der Waals surface area (Å²) in [5.74, 6) is 1.15. The lowest BCUT2D eigenvalue weighted by molar-refractivity contribution is -0.137. The molecule has 178 valence electrons. The second-order valence-electron chi connectivity index (χ2n) is 9.69. The van der Waals surface area contributed by atoms with E-state index >= 15 is 0 Å². The first-order chi connectivity index (χ1) is 15.7. The predicted molar refractivity (Wildman–Crippen MR) is 127 cm³/mol. The zero-order valence-electron chi connectivity index (χ0n) is 19.4. The summed E-state index contributed by atoms with van der Waals surface area (Å²) in [4.78, 5) is 27.6. The highest BCUT2D eigenvalue weighted by atomic mass is 16.4. The molecule has 4 heterocycles. The number of hydrogen-bond donors (Lipinski definition) is 2. The van der Waals surface area contributed by atoms with Gasteiger partial charge in [0.05, 0.1) is 0 Å². The van der Waals surface area contributed by atoms with E-state index in [4.69, 9.17) is 10.1 Å². The molecule has 0 bridgehead atoms. The molecule has 1 aromatic heterocycles. The number of rotatable bonds is 8. The van der Waals surface area contributed by atoms with Crippen LogP contribution in [0.5, 0.6) is 0 Å². The molecule has 1 aromatic rings. The zero-order valence-corrected chi connectivity index (χ0v) is 19.4. The molecule has 8 heteroatoms. The monoisotopic (exact) mass is 444 g/mol. The molecule has 3 aliphatic heterocycles. The van der Waals surface area contributed by atoms with Gasteiger partial charge in [-0.2, -0.15) is 4.98 Å². The molecular formula is C24H40N6O2. The summed E-state index contributed by atoms with van der Waals surface area (Å²) in [6, 6.07) is 3.09. The minimum absolute atomic E-state index is 0.278. The molecule has 0 radical (unpaired) electrons. The summed E-state index contributed by atoms with van der Waals surface area (Å²) in [7, 11) is 0. The third-order valence-corrected chi connectivity index (χ3v) is 7.30. The number of carboxylic acids is 1. The van der Waals surface area contributed by atoms with Gasteiger partial charge in [0.15, 0.2) is 0 Å². The summed E-state index contributed by atoms with van der Waals surface area (Å²) in [5.41, 5.74) is 0. The first kappa shape index (κ1) is 23.2. The van der Waals surface area contributed by atoms with Crippen molar-refractivity contribution in [3.8, 4) is 0 Å². The SMILES string of the molecule is O=C(O)CCCN1CCC(N2CCCC(Nc3nccc(N4CCCCCC4)n3)C2)CC1. The number of likely N-dealkylation sites (tertiary alicyclic amines) is 2. The number of carboxylic acid groups (broad SMARTS) is 1. The van der Waals surface area contributed by atoms with E-state index in [0.717, 1.165) is 57.5 Å². The van der Waals surface area contributed by atoms with Crippen molar-refractivity contribution >= 4 is 17.7 Å². The van der Waals surface area contributed by atoms with Crippen molar-refractivity contribution in [1.29, 1.82) is 0 Å². The van der Waals surface area contributed by atoms with Gasteiger partial charge in [-0.25, -0.2) is 4.98 Å². The molecule has 0 saturated carbocycles. The highest BCUT2D eigenvalue weighted by Crippen LogP contribution is 2.23. The molecule has 2 N–H and O–H groups in total. The maximum absolute atomic E-state index is 10.7. The van der Waals surface area contributed by atoms with Crippen molar-refractivity contribution in [3.05, 3.63) is 12.3 Å². The van der Waals surface area contributed by atoms with Gasteiger partial charge in [-0.05, 0) is 77.2 Å². The molecule has 32 heavy (non-hydrogen) atoms. The minimum Gasteiger partial charge on any atom is -0.481 e. The second-order valence-corrected chi connectivity index (χ2v) is 9.69. The largest absolute Gasteiger partial charge is 0.481 e. The molecule has 3 fully saturated rings. The lowest BCUT2D eigenvalue weighted by Gasteiger charge is -2.42. The quantitative estimate of drug-likeness (QED) is 0.633. The summed E-state index contributed by atoms with van der Waals surface area (Å²) in [5, 5.41) is 12.5. The van der Waals surface area contributed by atoms with Gasteiger partial charge in [0.2, 0.25) is 5.95 Å². The van der Waals surface area contributed by atoms with Gasteiger partial charge < -0.3 is 20.2 Å². The maximum atomic E-state index is 10.7. The van der Waals surface area contributed by atoms with Crippen molar-refractivity contribution in [2.75, 3.05) is 56.0 Å². The Morgan fingerprint density at radius 3 is 2.56 bits per heavy atom. The molecule has 3 saturated heterocycles. The van der Waals surface area contributed by atoms with E-state index in [1.54, 1.807) is 0 Å². The molecule has 4 rings (SSSR count). The van der Waals surface area contributed by atoms with Crippen LogP contribution in [0.15, 0.2) is 12.3 Å². The van der Waals surface area contributed by atoms with Crippen molar-refractivity contribution in [1.82, 2.24) is 19.8 Å². The van der Waals surface area contributed by atoms with Crippen LogP contribution in [0, 0.1) is 0 Å². The lowest BCUT2D eigenvalue weighted by atomic mass is 9.98. The van der Waals surface area contributed by atoms with Gasteiger partial charge in [0, 0.05) is 44.3 Å². The average Bonchev–Trinajstić information content (AvgIpc) is 3.09. The summed E-state index contributed by atoms with van der Waals surface area (Å²) in [6.07, 6.45) is 12.8. The van der Waals surface area contributed by atoms with Gasteiger partial charge in [0.1, 0.15) is 5.82 Å². The third-order valence-electron chi connectivity index (χ3n) is 7.30. The van der Waals surface area contributed by atoms with Crippen LogP contribution in [0.3, 0.4) is 0 Å². The van der Waals surface area contributed by atoms with Crippen LogP contribution in [-0.2, 0) is 4.79 Å². The van der Waals surface area contributed by atoms with E-state index in [1.165, 1.54) is 57.9 Å². The van der Waals surface area contributed by atoms with Crippen LogP contribution >= 0.6 is 0 Å². The van der Waals surface area contributed by atoms with Gasteiger partial charge in [-0.3, -0.25) is 9.69 Å². The van der Waals surface area contributed by atoms with Crippen molar-refractivity contribution in [2.45, 2.75) is 76.3 Å². The Morgan fingerprint density at radius 2 is 1.81 bits per heavy atom. The highest BCUT2D eigenvalue weighted by molar-refractivity contribution is 5.66. The Bertz CT molecular complexity index is 716. The molecule has 8 nitrogen and oxygen atoms in total. The van der Waals surface area contributed by atoms with Gasteiger partial charge >= 0.3 is 5.97 Å². The lowest BCUT2D eigenvalue weighted by Crippen LogP contribution is -2.51. The van der Waals surface area contributed by atoms with Crippen LogP contribution in [-0.4, -0.2) is 88.7 Å². The summed E-state index contributed by atoms with van der Waals surface area (Å²) >= 11 is 0. The fraction of sp³-hybridized carbons (Fsp3) is 0.792. The number of carbonyl (C=O) groups is 1. The van der Waals surface area contributed by atoms with E-state index in [9.17, 15) is 4.79 Å². The first-order valence-electron chi connectivity index (χ1n) is 12.7. The Morgan fingerprint density at radius 1 is 1.03 bits per heavy atom. The zero-order chi connectivity index (χ0) is 22.2. The molecule has 1 atom stereocenters. The van der Waals surface area contributed by atoms with Crippen LogP contribution in [0.1, 0.15) is 64.2 Å². The van der Waals surface area contributed by atoms with Gasteiger partial charge in [-0.1, -0.05) is 12.8 Å². The molecule has 1 unspecified atom stereocenters. The smallest absolute Gasteiger partial charge is 0.303 e. The van der Waals surface area contributed by atoms with Crippen LogP contribution < -0.4 is 10.2 Å². The number of nitrogens with zero attached hydrogens (tertiary/aromatic N) is 5. The standard InChI is InChI=1S/C24H40N6O2/c31-23(32)8-6-13-28-17-10-21(11-18-28)30-16-5-7-20(19-30)26-24-25-12-9-22(27-24)29-14-3-1-2-4-15-29/h9,12,20-21H,1-8,10-11,13-19H2,(H,31,32)(H,25,26,27). The van der Waals surface area contributed by atoms with Crippen LogP contribution in [0.4, 0.5) is 11.8 Å². The molecule has 3 aliphatic rings.